The molecule has 1 N–H and O–H groups in total. The van der Waals surface area contributed by atoms with Crippen molar-refractivity contribution in [1.29, 1.82) is 0 Å². The van der Waals surface area contributed by atoms with Gasteiger partial charge in [0.15, 0.2) is 0 Å². The minimum Gasteiger partial charge on any atom is -0.364 e. The molecule has 2 rings (SSSR count). The monoisotopic (exact) mass is 299 g/mol. The third-order valence-electron chi connectivity index (χ3n) is 3.27. The van der Waals surface area contributed by atoms with Gasteiger partial charge in [0.25, 0.3) is 0 Å². The number of pyridine rings is 1. The van der Waals surface area contributed by atoms with Gasteiger partial charge in [-0.05, 0) is 34.2 Å². The maximum absolute atomic E-state index is 10.9. The second-order valence-electron chi connectivity index (χ2n) is 4.80. The molecule has 1 fully saturated rings. The van der Waals surface area contributed by atoms with Crippen LogP contribution in [0.25, 0.3) is 0 Å². The fourth-order valence-electron chi connectivity index (χ4n) is 1.96. The van der Waals surface area contributed by atoms with Crippen LogP contribution < -0.4 is 5.32 Å². The molecule has 1 aliphatic carbocycles. The van der Waals surface area contributed by atoms with Crippen LogP contribution >= 0.6 is 15.9 Å². The standard InChI is InChI=1S/C11H14BrN3O2/c1-11(3-2-4-11)7-14-10-9(15(16)17)5-8(12)6-13-10/h5-6H,2-4,7H2,1H3,(H,13,14). The summed E-state index contributed by atoms with van der Waals surface area (Å²) in [7, 11) is 0. The smallest absolute Gasteiger partial charge is 0.312 e. The van der Waals surface area contributed by atoms with Crippen molar-refractivity contribution in [3.63, 3.8) is 0 Å². The second kappa shape index (κ2) is 4.60. The molecular weight excluding hydrogens is 286 g/mol. The molecule has 1 aliphatic rings. The van der Waals surface area contributed by atoms with E-state index in [1.165, 1.54) is 25.3 Å². The number of anilines is 1. The van der Waals surface area contributed by atoms with E-state index in [1.54, 1.807) is 6.20 Å². The van der Waals surface area contributed by atoms with Gasteiger partial charge < -0.3 is 5.32 Å². The molecule has 0 amide bonds. The molecule has 92 valence electrons. The first kappa shape index (κ1) is 12.3. The van der Waals surface area contributed by atoms with Crippen molar-refractivity contribution in [2.75, 3.05) is 11.9 Å². The van der Waals surface area contributed by atoms with E-state index >= 15 is 0 Å². The van der Waals surface area contributed by atoms with Gasteiger partial charge in [-0.25, -0.2) is 4.98 Å². The highest BCUT2D eigenvalue weighted by atomic mass is 79.9. The summed E-state index contributed by atoms with van der Waals surface area (Å²) >= 11 is 3.19. The van der Waals surface area contributed by atoms with Crippen molar-refractivity contribution in [2.24, 2.45) is 5.41 Å². The van der Waals surface area contributed by atoms with Crippen LogP contribution in [0.5, 0.6) is 0 Å². The molecule has 1 heterocycles. The van der Waals surface area contributed by atoms with E-state index in [2.05, 4.69) is 33.2 Å². The number of nitro groups is 1. The summed E-state index contributed by atoms with van der Waals surface area (Å²) in [5.74, 6) is 0.353. The number of aromatic nitrogens is 1. The molecule has 0 spiro atoms. The molecule has 5 nitrogen and oxygen atoms in total. The third kappa shape index (κ3) is 2.74. The zero-order chi connectivity index (χ0) is 12.5. The first-order valence-corrected chi connectivity index (χ1v) is 6.33. The topological polar surface area (TPSA) is 68.1 Å². The van der Waals surface area contributed by atoms with Crippen molar-refractivity contribution in [3.8, 4) is 0 Å². The maximum atomic E-state index is 10.9. The molecule has 0 aliphatic heterocycles. The highest BCUT2D eigenvalue weighted by Crippen LogP contribution is 2.40. The molecule has 1 saturated carbocycles. The molecule has 0 bridgehead atoms. The molecule has 6 heteroatoms. The number of rotatable bonds is 4. The molecule has 0 aromatic carbocycles. The minimum absolute atomic E-state index is 0.0160. The van der Waals surface area contributed by atoms with E-state index in [1.807, 2.05) is 0 Å². The van der Waals surface area contributed by atoms with Crippen molar-refractivity contribution in [2.45, 2.75) is 26.2 Å². The summed E-state index contributed by atoms with van der Waals surface area (Å²) in [5.41, 5.74) is 0.283. The van der Waals surface area contributed by atoms with Crippen molar-refractivity contribution >= 4 is 27.4 Å². The van der Waals surface area contributed by atoms with Gasteiger partial charge >= 0.3 is 5.69 Å². The number of hydrogen-bond donors (Lipinski definition) is 1. The fourth-order valence-corrected chi connectivity index (χ4v) is 2.28. The average molecular weight is 300 g/mol. The fraction of sp³-hybridized carbons (Fsp3) is 0.545. The van der Waals surface area contributed by atoms with Gasteiger partial charge in [-0.3, -0.25) is 10.1 Å². The first-order valence-electron chi connectivity index (χ1n) is 5.54. The van der Waals surface area contributed by atoms with Crippen molar-refractivity contribution in [3.05, 3.63) is 26.9 Å². The molecule has 0 saturated heterocycles. The lowest BCUT2D eigenvalue weighted by Gasteiger charge is -2.38. The summed E-state index contributed by atoms with van der Waals surface area (Å²) < 4.78 is 0.615. The molecular formula is C11H14BrN3O2. The number of hydrogen-bond acceptors (Lipinski definition) is 4. The van der Waals surface area contributed by atoms with Crippen molar-refractivity contribution in [1.82, 2.24) is 4.98 Å². The Kier molecular flexibility index (Phi) is 3.33. The zero-order valence-corrected chi connectivity index (χ0v) is 11.2. The number of halogens is 1. The van der Waals surface area contributed by atoms with Crippen LogP contribution in [0, 0.1) is 15.5 Å². The largest absolute Gasteiger partial charge is 0.364 e. The zero-order valence-electron chi connectivity index (χ0n) is 9.57. The van der Waals surface area contributed by atoms with Gasteiger partial charge in [-0.2, -0.15) is 0 Å². The second-order valence-corrected chi connectivity index (χ2v) is 5.71. The third-order valence-corrected chi connectivity index (χ3v) is 3.71. The predicted octanol–water partition coefficient (Wildman–Crippen LogP) is 3.35. The quantitative estimate of drug-likeness (QED) is 0.684. The first-order chi connectivity index (χ1) is 8.00. The van der Waals surface area contributed by atoms with E-state index in [-0.39, 0.29) is 11.1 Å². The Morgan fingerprint density at radius 3 is 2.88 bits per heavy atom. The van der Waals surface area contributed by atoms with Gasteiger partial charge in [0.1, 0.15) is 0 Å². The van der Waals surface area contributed by atoms with Crippen molar-refractivity contribution < 1.29 is 4.92 Å². The number of nitrogens with zero attached hydrogens (tertiary/aromatic N) is 2. The lowest BCUT2D eigenvalue weighted by Crippen LogP contribution is -2.33. The van der Waals surface area contributed by atoms with Crippen LogP contribution in [0.15, 0.2) is 16.7 Å². The molecule has 0 atom stereocenters. The minimum atomic E-state index is -0.413. The summed E-state index contributed by atoms with van der Waals surface area (Å²) in [6.45, 7) is 2.93. The molecule has 0 unspecified atom stereocenters. The molecule has 1 aromatic rings. The van der Waals surface area contributed by atoms with Gasteiger partial charge in [-0.15, -0.1) is 0 Å². The van der Waals surface area contributed by atoms with E-state index in [4.69, 9.17) is 0 Å². The van der Waals surface area contributed by atoms with Gasteiger partial charge in [0.2, 0.25) is 5.82 Å². The Morgan fingerprint density at radius 1 is 1.65 bits per heavy atom. The van der Waals surface area contributed by atoms with Gasteiger partial charge in [-0.1, -0.05) is 13.3 Å². The van der Waals surface area contributed by atoms with E-state index in [0.29, 0.717) is 10.3 Å². The number of nitrogens with one attached hydrogen (secondary N) is 1. The molecule has 17 heavy (non-hydrogen) atoms. The Morgan fingerprint density at radius 2 is 2.35 bits per heavy atom. The SMILES string of the molecule is CC1(CNc2ncc(Br)cc2[N+](=O)[O-])CCC1. The summed E-state index contributed by atoms with van der Waals surface area (Å²) in [6, 6.07) is 1.47. The van der Waals surface area contributed by atoms with Crippen LogP contribution in [-0.4, -0.2) is 16.5 Å². The van der Waals surface area contributed by atoms with Gasteiger partial charge in [0, 0.05) is 23.3 Å². The van der Waals surface area contributed by atoms with E-state index in [9.17, 15) is 10.1 Å². The Bertz CT molecular complexity index is 446. The van der Waals surface area contributed by atoms with E-state index < -0.39 is 4.92 Å². The van der Waals surface area contributed by atoms with Crippen LogP contribution in [0.2, 0.25) is 0 Å². The highest BCUT2D eigenvalue weighted by molar-refractivity contribution is 9.10. The van der Waals surface area contributed by atoms with E-state index in [0.717, 1.165) is 6.54 Å². The molecule has 1 aromatic heterocycles. The summed E-state index contributed by atoms with van der Waals surface area (Å²) in [4.78, 5) is 14.5. The van der Waals surface area contributed by atoms with Gasteiger partial charge in [0.05, 0.1) is 4.92 Å². The predicted molar refractivity (Wildman–Crippen MR) is 69.0 cm³/mol. The highest BCUT2D eigenvalue weighted by Gasteiger charge is 2.32. The maximum Gasteiger partial charge on any atom is 0.312 e. The van der Waals surface area contributed by atoms with Crippen LogP contribution in [0.4, 0.5) is 11.5 Å². The summed E-state index contributed by atoms with van der Waals surface area (Å²) in [6.07, 6.45) is 5.15. The summed E-state index contributed by atoms with van der Waals surface area (Å²) in [5, 5.41) is 14.0. The lowest BCUT2D eigenvalue weighted by molar-refractivity contribution is -0.384. The Labute approximate surface area is 108 Å². The lowest BCUT2D eigenvalue weighted by atomic mass is 9.70. The average Bonchev–Trinajstić information content (AvgIpc) is 2.24. The molecule has 0 radical (unpaired) electrons. The van der Waals surface area contributed by atoms with Crippen LogP contribution in [0.1, 0.15) is 26.2 Å². The van der Waals surface area contributed by atoms with Crippen LogP contribution in [-0.2, 0) is 0 Å². The normalized spacial score (nSPS) is 17.3. The van der Waals surface area contributed by atoms with Crippen LogP contribution in [0.3, 0.4) is 0 Å². The Balaban J connectivity index is 2.12. The Hall–Kier alpha value is -1.17.